The first-order valence-corrected chi connectivity index (χ1v) is 7.64. The minimum Gasteiger partial charge on any atom is -0.496 e. The predicted octanol–water partition coefficient (Wildman–Crippen LogP) is 4.39. The van der Waals surface area contributed by atoms with Gasteiger partial charge in [-0.05, 0) is 49.2 Å². The summed E-state index contributed by atoms with van der Waals surface area (Å²) in [5.74, 6) is 0.874. The van der Waals surface area contributed by atoms with Crippen molar-refractivity contribution in [2.45, 2.75) is 29.2 Å². The van der Waals surface area contributed by atoms with Gasteiger partial charge in [0.2, 0.25) is 0 Å². The molecule has 2 N–H and O–H groups in total. The molecule has 20 heavy (non-hydrogen) atoms. The third-order valence-corrected chi connectivity index (χ3v) is 4.26. The average molecular weight is 308 g/mol. The molecule has 2 aromatic rings. The lowest BCUT2D eigenvalue weighted by Crippen LogP contribution is -2.18. The summed E-state index contributed by atoms with van der Waals surface area (Å²) in [5.41, 5.74) is 7.09. The second-order valence-corrected chi connectivity index (χ2v) is 6.21. The molecule has 4 heteroatoms. The van der Waals surface area contributed by atoms with Gasteiger partial charge in [0.25, 0.3) is 0 Å². The Morgan fingerprint density at radius 2 is 1.95 bits per heavy atom. The highest BCUT2D eigenvalue weighted by Gasteiger charge is 2.10. The molecule has 0 spiro atoms. The highest BCUT2D eigenvalue weighted by molar-refractivity contribution is 7.99. The molecule has 0 heterocycles. The molecule has 0 amide bonds. The fourth-order valence-corrected chi connectivity index (χ4v) is 3.22. The number of para-hydroxylation sites is 1. The molecule has 106 valence electrons. The van der Waals surface area contributed by atoms with E-state index in [0.717, 1.165) is 27.0 Å². The molecule has 0 aliphatic rings. The summed E-state index contributed by atoms with van der Waals surface area (Å²) in [6.07, 6.45) is 0.804. The molecule has 2 nitrogen and oxygen atoms in total. The molecule has 0 bridgehead atoms. The van der Waals surface area contributed by atoms with Crippen LogP contribution in [0.25, 0.3) is 0 Å². The van der Waals surface area contributed by atoms with Crippen molar-refractivity contribution in [1.29, 1.82) is 0 Å². The van der Waals surface area contributed by atoms with Crippen LogP contribution in [0.15, 0.2) is 52.3 Å². The fourth-order valence-electron chi connectivity index (χ4n) is 1.98. The molecule has 0 saturated carbocycles. The lowest BCUT2D eigenvalue weighted by atomic mass is 10.1. The Kier molecular flexibility index (Phi) is 5.35. The maximum atomic E-state index is 6.09. The Morgan fingerprint density at radius 3 is 2.65 bits per heavy atom. The summed E-state index contributed by atoms with van der Waals surface area (Å²) in [6, 6.07) is 14.0. The number of hydrogen-bond acceptors (Lipinski definition) is 3. The first-order valence-electron chi connectivity index (χ1n) is 6.45. The van der Waals surface area contributed by atoms with E-state index in [9.17, 15) is 0 Å². The summed E-state index contributed by atoms with van der Waals surface area (Å²) in [6.45, 7) is 2.00. The second kappa shape index (κ2) is 7.02. The van der Waals surface area contributed by atoms with Gasteiger partial charge in [-0.2, -0.15) is 0 Å². The molecule has 0 aliphatic heterocycles. The summed E-state index contributed by atoms with van der Waals surface area (Å²) >= 11 is 7.76. The van der Waals surface area contributed by atoms with Crippen LogP contribution in [0.5, 0.6) is 5.75 Å². The van der Waals surface area contributed by atoms with E-state index in [1.807, 2.05) is 49.4 Å². The zero-order chi connectivity index (χ0) is 14.5. The number of methoxy groups -OCH3 is 1. The van der Waals surface area contributed by atoms with Crippen molar-refractivity contribution in [1.82, 2.24) is 0 Å². The van der Waals surface area contributed by atoms with Crippen molar-refractivity contribution in [3.63, 3.8) is 0 Å². The van der Waals surface area contributed by atoms with E-state index >= 15 is 0 Å². The van der Waals surface area contributed by atoms with Crippen LogP contribution >= 0.6 is 23.4 Å². The average Bonchev–Trinajstić information content (AvgIpc) is 2.42. The van der Waals surface area contributed by atoms with E-state index in [1.165, 1.54) is 5.56 Å². The van der Waals surface area contributed by atoms with Crippen LogP contribution in [0.3, 0.4) is 0 Å². The summed E-state index contributed by atoms with van der Waals surface area (Å²) in [4.78, 5) is 2.25. The first-order chi connectivity index (χ1) is 9.60. The van der Waals surface area contributed by atoms with Crippen LogP contribution in [0.4, 0.5) is 0 Å². The number of nitrogens with two attached hydrogens (primary N) is 1. The van der Waals surface area contributed by atoms with Gasteiger partial charge in [0, 0.05) is 16.0 Å². The highest BCUT2D eigenvalue weighted by Crippen LogP contribution is 2.37. The van der Waals surface area contributed by atoms with Gasteiger partial charge in [-0.15, -0.1) is 0 Å². The maximum absolute atomic E-state index is 6.09. The van der Waals surface area contributed by atoms with Gasteiger partial charge in [0.15, 0.2) is 0 Å². The van der Waals surface area contributed by atoms with E-state index in [4.69, 9.17) is 22.1 Å². The highest BCUT2D eigenvalue weighted by atomic mass is 35.5. The van der Waals surface area contributed by atoms with Crippen LogP contribution in [0.2, 0.25) is 5.02 Å². The second-order valence-electron chi connectivity index (χ2n) is 4.69. The van der Waals surface area contributed by atoms with Gasteiger partial charge in [0.1, 0.15) is 5.75 Å². The SMILES string of the molecule is COc1ccccc1Sc1ccc(Cl)cc1CC(C)N. The lowest BCUT2D eigenvalue weighted by molar-refractivity contribution is 0.405. The van der Waals surface area contributed by atoms with Crippen LogP contribution in [0.1, 0.15) is 12.5 Å². The molecule has 1 atom stereocenters. The van der Waals surface area contributed by atoms with Crippen molar-refractivity contribution in [3.05, 3.63) is 53.1 Å². The van der Waals surface area contributed by atoms with Gasteiger partial charge in [0.05, 0.1) is 12.0 Å². The molecule has 0 saturated heterocycles. The van der Waals surface area contributed by atoms with Gasteiger partial charge in [-0.25, -0.2) is 0 Å². The largest absolute Gasteiger partial charge is 0.496 e. The Morgan fingerprint density at radius 1 is 1.20 bits per heavy atom. The van der Waals surface area contributed by atoms with Crippen LogP contribution in [-0.2, 0) is 6.42 Å². The Bertz CT molecular complexity index is 586. The summed E-state index contributed by atoms with van der Waals surface area (Å²) in [7, 11) is 1.68. The molecule has 2 aromatic carbocycles. The lowest BCUT2D eigenvalue weighted by Gasteiger charge is -2.13. The monoisotopic (exact) mass is 307 g/mol. The first kappa shape index (κ1) is 15.2. The topological polar surface area (TPSA) is 35.2 Å². The van der Waals surface area contributed by atoms with Crippen LogP contribution in [0, 0.1) is 0 Å². The van der Waals surface area contributed by atoms with Crippen molar-refractivity contribution >= 4 is 23.4 Å². The zero-order valence-electron chi connectivity index (χ0n) is 11.6. The maximum Gasteiger partial charge on any atom is 0.132 e. The Labute approximate surface area is 129 Å². The van der Waals surface area contributed by atoms with Gasteiger partial charge >= 0.3 is 0 Å². The number of hydrogen-bond donors (Lipinski definition) is 1. The fraction of sp³-hybridized carbons (Fsp3) is 0.250. The van der Waals surface area contributed by atoms with E-state index in [2.05, 4.69) is 0 Å². The molecule has 2 rings (SSSR count). The van der Waals surface area contributed by atoms with Crippen molar-refractivity contribution in [3.8, 4) is 5.75 Å². The summed E-state index contributed by atoms with van der Waals surface area (Å²) in [5, 5.41) is 0.741. The van der Waals surface area contributed by atoms with E-state index < -0.39 is 0 Å². The molecule has 0 aromatic heterocycles. The number of rotatable bonds is 5. The Hall–Kier alpha value is -1.16. The number of halogens is 1. The van der Waals surface area contributed by atoms with Crippen molar-refractivity contribution in [2.75, 3.05) is 7.11 Å². The minimum atomic E-state index is 0.102. The van der Waals surface area contributed by atoms with Gasteiger partial charge in [-0.1, -0.05) is 35.5 Å². The number of ether oxygens (including phenoxy) is 1. The molecule has 0 radical (unpaired) electrons. The third-order valence-electron chi connectivity index (χ3n) is 2.85. The molecule has 0 aliphatic carbocycles. The molecular weight excluding hydrogens is 290 g/mol. The normalized spacial score (nSPS) is 12.2. The smallest absolute Gasteiger partial charge is 0.132 e. The zero-order valence-corrected chi connectivity index (χ0v) is 13.2. The molecule has 0 fully saturated rings. The van der Waals surface area contributed by atoms with Crippen LogP contribution < -0.4 is 10.5 Å². The van der Waals surface area contributed by atoms with Gasteiger partial charge in [-0.3, -0.25) is 0 Å². The predicted molar refractivity (Wildman–Crippen MR) is 85.9 cm³/mol. The minimum absolute atomic E-state index is 0.102. The number of benzene rings is 2. The van der Waals surface area contributed by atoms with Crippen LogP contribution in [-0.4, -0.2) is 13.2 Å². The Balaban J connectivity index is 2.33. The van der Waals surface area contributed by atoms with Crippen molar-refractivity contribution < 1.29 is 4.74 Å². The van der Waals surface area contributed by atoms with Crippen molar-refractivity contribution in [2.24, 2.45) is 5.73 Å². The quantitative estimate of drug-likeness (QED) is 0.890. The standard InChI is InChI=1S/C16H18ClNOS/c1-11(18)9-12-10-13(17)7-8-15(12)20-16-6-4-3-5-14(16)19-2/h3-8,10-11H,9,18H2,1-2H3. The van der Waals surface area contributed by atoms with Gasteiger partial charge < -0.3 is 10.5 Å². The van der Waals surface area contributed by atoms with E-state index in [0.29, 0.717) is 0 Å². The molecular formula is C16H18ClNOS. The summed E-state index contributed by atoms with van der Waals surface area (Å²) < 4.78 is 5.39. The van der Waals surface area contributed by atoms with E-state index in [-0.39, 0.29) is 6.04 Å². The third kappa shape index (κ3) is 3.92. The van der Waals surface area contributed by atoms with E-state index in [1.54, 1.807) is 18.9 Å². The molecule has 1 unspecified atom stereocenters.